The largest absolute Gasteiger partial charge is 0.478 e. The zero-order valence-electron chi connectivity index (χ0n) is 12.0. The first-order chi connectivity index (χ1) is 10.0. The molecule has 7 heteroatoms. The van der Waals surface area contributed by atoms with E-state index in [4.69, 9.17) is 9.26 Å². The van der Waals surface area contributed by atoms with Crippen LogP contribution in [-0.2, 0) is 17.1 Å². The normalized spacial score (nSPS) is 10.8. The number of hydrogen-bond acceptors (Lipinski definition) is 6. The highest BCUT2D eigenvalue weighted by atomic mass is 32.2. The van der Waals surface area contributed by atoms with Gasteiger partial charge in [0.05, 0.1) is 11.3 Å². The molecule has 2 heterocycles. The van der Waals surface area contributed by atoms with E-state index < -0.39 is 5.97 Å². The van der Waals surface area contributed by atoms with Crippen molar-refractivity contribution in [3.05, 3.63) is 40.4 Å². The molecule has 0 saturated carbocycles. The average Bonchev–Trinajstić information content (AvgIpc) is 2.83. The van der Waals surface area contributed by atoms with Gasteiger partial charge in [-0.25, -0.2) is 9.78 Å². The minimum absolute atomic E-state index is 0.242. The summed E-state index contributed by atoms with van der Waals surface area (Å²) in [5, 5.41) is 13.7. The maximum Gasteiger partial charge on any atom is 0.338 e. The molecule has 0 aromatic carbocycles. The molecular formula is C14H16N2O4S. The molecule has 0 aliphatic heterocycles. The molecule has 0 unspecified atom stereocenters. The Morgan fingerprint density at radius 1 is 1.43 bits per heavy atom. The number of rotatable bonds is 6. The van der Waals surface area contributed by atoms with E-state index in [1.165, 1.54) is 11.8 Å². The first-order valence-corrected chi connectivity index (χ1v) is 7.27. The summed E-state index contributed by atoms with van der Waals surface area (Å²) in [5.74, 6) is 0.159. The molecule has 112 valence electrons. The molecule has 0 fully saturated rings. The van der Waals surface area contributed by atoms with Crippen LogP contribution in [0.5, 0.6) is 0 Å². The lowest BCUT2D eigenvalue weighted by Gasteiger charge is -2.08. The fourth-order valence-electron chi connectivity index (χ4n) is 1.94. The van der Waals surface area contributed by atoms with E-state index in [9.17, 15) is 9.90 Å². The van der Waals surface area contributed by atoms with E-state index in [0.29, 0.717) is 28.7 Å². The van der Waals surface area contributed by atoms with E-state index >= 15 is 0 Å². The number of pyridine rings is 1. The molecule has 1 N–H and O–H groups in total. The second-order valence-electron chi connectivity index (χ2n) is 4.57. The minimum Gasteiger partial charge on any atom is -0.478 e. The van der Waals surface area contributed by atoms with Crippen molar-refractivity contribution in [2.45, 2.75) is 31.2 Å². The Labute approximate surface area is 126 Å². The lowest BCUT2D eigenvalue weighted by molar-refractivity contribution is 0.0691. The third kappa shape index (κ3) is 3.83. The fourth-order valence-corrected chi connectivity index (χ4v) is 2.97. The Balaban J connectivity index is 2.17. The quantitative estimate of drug-likeness (QED) is 0.821. The number of aryl methyl sites for hydroxylation is 2. The molecule has 0 bridgehead atoms. The third-order valence-electron chi connectivity index (χ3n) is 2.78. The van der Waals surface area contributed by atoms with E-state index in [1.54, 1.807) is 26.2 Å². The molecule has 0 spiro atoms. The predicted octanol–water partition coefficient (Wildman–Crippen LogP) is 2.82. The number of thioether (sulfide) groups is 1. The number of carboxylic acids is 1. The van der Waals surface area contributed by atoms with Gasteiger partial charge in [0.1, 0.15) is 11.6 Å². The SMILES string of the molecule is COCc1cc(CSc2nc(C)cc(C)c2C(=O)O)no1. The zero-order chi connectivity index (χ0) is 15.4. The highest BCUT2D eigenvalue weighted by molar-refractivity contribution is 7.98. The summed E-state index contributed by atoms with van der Waals surface area (Å²) in [5.41, 5.74) is 2.47. The third-order valence-corrected chi connectivity index (χ3v) is 3.79. The van der Waals surface area contributed by atoms with Crippen LogP contribution in [0.25, 0.3) is 0 Å². The number of ether oxygens (including phenoxy) is 1. The minimum atomic E-state index is -0.970. The van der Waals surface area contributed by atoms with E-state index in [0.717, 1.165) is 11.4 Å². The Morgan fingerprint density at radius 2 is 2.19 bits per heavy atom. The average molecular weight is 308 g/mol. The number of hydrogen-bond donors (Lipinski definition) is 1. The molecule has 6 nitrogen and oxygen atoms in total. The Kier molecular flexibility index (Phi) is 4.98. The van der Waals surface area contributed by atoms with Crippen molar-refractivity contribution in [3.63, 3.8) is 0 Å². The molecule has 0 aliphatic rings. The van der Waals surface area contributed by atoms with Crippen LogP contribution < -0.4 is 0 Å². The molecule has 2 rings (SSSR count). The topological polar surface area (TPSA) is 85.5 Å². The maximum atomic E-state index is 11.4. The van der Waals surface area contributed by atoms with Gasteiger partial charge in [0.25, 0.3) is 0 Å². The standard InChI is InChI=1S/C14H16N2O4S/c1-8-4-9(2)15-13(12(8)14(17)18)21-7-10-5-11(6-19-3)20-16-10/h4-5H,6-7H2,1-3H3,(H,17,18). The molecule has 0 saturated heterocycles. The van der Waals surface area contributed by atoms with Crippen molar-refractivity contribution in [1.82, 2.24) is 10.1 Å². The molecule has 0 aliphatic carbocycles. The van der Waals surface area contributed by atoms with Crippen molar-refractivity contribution in [1.29, 1.82) is 0 Å². The van der Waals surface area contributed by atoms with Gasteiger partial charge < -0.3 is 14.4 Å². The number of carbonyl (C=O) groups is 1. The Bertz CT molecular complexity index is 654. The summed E-state index contributed by atoms with van der Waals surface area (Å²) >= 11 is 1.33. The molecule has 21 heavy (non-hydrogen) atoms. The van der Waals surface area contributed by atoms with Gasteiger partial charge in [0, 0.05) is 24.6 Å². The van der Waals surface area contributed by atoms with E-state index in [1.807, 2.05) is 6.92 Å². The van der Waals surface area contributed by atoms with Crippen LogP contribution in [0.2, 0.25) is 0 Å². The monoisotopic (exact) mass is 308 g/mol. The van der Waals surface area contributed by atoms with Crippen LogP contribution in [0, 0.1) is 13.8 Å². The summed E-state index contributed by atoms with van der Waals surface area (Å²) in [7, 11) is 1.58. The van der Waals surface area contributed by atoms with E-state index in [-0.39, 0.29) is 5.56 Å². The molecule has 2 aromatic heterocycles. The van der Waals surface area contributed by atoms with Gasteiger partial charge in [0.15, 0.2) is 5.76 Å². The number of aromatic carboxylic acids is 1. The van der Waals surface area contributed by atoms with Crippen LogP contribution in [0.4, 0.5) is 0 Å². The molecule has 0 atom stereocenters. The number of aromatic nitrogens is 2. The van der Waals surface area contributed by atoms with Gasteiger partial charge in [-0.3, -0.25) is 0 Å². The van der Waals surface area contributed by atoms with Gasteiger partial charge in [0.2, 0.25) is 0 Å². The first kappa shape index (κ1) is 15.5. The number of nitrogens with zero attached hydrogens (tertiary/aromatic N) is 2. The summed E-state index contributed by atoms with van der Waals surface area (Å²) < 4.78 is 10.0. The van der Waals surface area contributed by atoms with Crippen LogP contribution in [0.15, 0.2) is 21.7 Å². The fraction of sp³-hybridized carbons (Fsp3) is 0.357. The maximum absolute atomic E-state index is 11.4. The lowest BCUT2D eigenvalue weighted by atomic mass is 10.1. The first-order valence-electron chi connectivity index (χ1n) is 6.29. The highest BCUT2D eigenvalue weighted by Gasteiger charge is 2.17. The second-order valence-corrected chi connectivity index (χ2v) is 5.54. The lowest BCUT2D eigenvalue weighted by Crippen LogP contribution is -2.05. The molecular weight excluding hydrogens is 292 g/mol. The van der Waals surface area contributed by atoms with Crippen LogP contribution in [-0.4, -0.2) is 28.3 Å². The van der Waals surface area contributed by atoms with Crippen molar-refractivity contribution in [3.8, 4) is 0 Å². The summed E-state index contributed by atoms with van der Waals surface area (Å²) in [6, 6.07) is 3.56. The van der Waals surface area contributed by atoms with Crippen LogP contribution in [0.3, 0.4) is 0 Å². The zero-order valence-corrected chi connectivity index (χ0v) is 12.9. The van der Waals surface area contributed by atoms with Crippen LogP contribution in [0.1, 0.15) is 33.1 Å². The predicted molar refractivity (Wildman–Crippen MR) is 77.4 cm³/mol. The van der Waals surface area contributed by atoms with Crippen LogP contribution >= 0.6 is 11.8 Å². The van der Waals surface area contributed by atoms with Crippen molar-refractivity contribution >= 4 is 17.7 Å². The smallest absolute Gasteiger partial charge is 0.338 e. The molecule has 0 radical (unpaired) electrons. The van der Waals surface area contributed by atoms with Gasteiger partial charge >= 0.3 is 5.97 Å². The number of methoxy groups -OCH3 is 1. The molecule has 0 amide bonds. The summed E-state index contributed by atoms with van der Waals surface area (Å²) in [4.78, 5) is 15.7. The van der Waals surface area contributed by atoms with Gasteiger partial charge in [-0.05, 0) is 25.5 Å². The highest BCUT2D eigenvalue weighted by Crippen LogP contribution is 2.27. The molecule has 2 aromatic rings. The van der Waals surface area contributed by atoms with Gasteiger partial charge in [-0.1, -0.05) is 16.9 Å². The van der Waals surface area contributed by atoms with E-state index in [2.05, 4.69) is 10.1 Å². The van der Waals surface area contributed by atoms with Gasteiger partial charge in [-0.2, -0.15) is 0 Å². The summed E-state index contributed by atoms with van der Waals surface area (Å²) in [6.07, 6.45) is 0. The summed E-state index contributed by atoms with van der Waals surface area (Å²) in [6.45, 7) is 3.98. The Morgan fingerprint density at radius 3 is 2.86 bits per heavy atom. The van der Waals surface area contributed by atoms with Crippen molar-refractivity contribution in [2.24, 2.45) is 0 Å². The van der Waals surface area contributed by atoms with Crippen molar-refractivity contribution < 1.29 is 19.2 Å². The van der Waals surface area contributed by atoms with Crippen molar-refractivity contribution in [2.75, 3.05) is 7.11 Å². The second kappa shape index (κ2) is 6.73. The Hall–Kier alpha value is -1.86. The number of carboxylic acid groups (broad SMARTS) is 1. The van der Waals surface area contributed by atoms with Gasteiger partial charge in [-0.15, -0.1) is 0 Å².